The van der Waals surface area contributed by atoms with E-state index in [1.807, 2.05) is 0 Å². The van der Waals surface area contributed by atoms with E-state index in [1.54, 1.807) is 19.1 Å². The molecule has 0 saturated heterocycles. The molecule has 1 aromatic carbocycles. The van der Waals surface area contributed by atoms with Crippen molar-refractivity contribution in [1.82, 2.24) is 5.32 Å². The van der Waals surface area contributed by atoms with E-state index in [0.29, 0.717) is 5.75 Å². The topological polar surface area (TPSA) is 105 Å². The van der Waals surface area contributed by atoms with Gasteiger partial charge in [-0.3, -0.25) is 4.79 Å². The van der Waals surface area contributed by atoms with E-state index in [2.05, 4.69) is 5.32 Å². The van der Waals surface area contributed by atoms with Crippen molar-refractivity contribution in [2.45, 2.75) is 25.3 Å². The van der Waals surface area contributed by atoms with Gasteiger partial charge in [0.05, 0.1) is 7.11 Å². The van der Waals surface area contributed by atoms with Crippen LogP contribution in [0.3, 0.4) is 0 Å². The molecular formula is C12H18N2O4. The first-order valence-corrected chi connectivity index (χ1v) is 5.55. The van der Waals surface area contributed by atoms with Crippen molar-refractivity contribution in [2.75, 3.05) is 7.11 Å². The molecule has 5 N–H and O–H groups in total. The summed E-state index contributed by atoms with van der Waals surface area (Å²) in [6, 6.07) is 6.33. The first-order chi connectivity index (χ1) is 8.43. The summed E-state index contributed by atoms with van der Waals surface area (Å²) in [6.07, 6.45) is -1.49. The summed E-state index contributed by atoms with van der Waals surface area (Å²) < 4.78 is 5.01. The Kier molecular flexibility index (Phi) is 4.66. The van der Waals surface area contributed by atoms with Crippen LogP contribution in [0.2, 0.25) is 0 Å². The van der Waals surface area contributed by atoms with E-state index in [4.69, 9.17) is 10.5 Å². The Hall–Kier alpha value is -1.63. The molecule has 100 valence electrons. The second-order valence-electron chi connectivity index (χ2n) is 3.84. The third-order valence-electron chi connectivity index (χ3n) is 2.59. The molecule has 1 amide bonds. The van der Waals surface area contributed by atoms with E-state index in [-0.39, 0.29) is 12.0 Å². The molecule has 0 heterocycles. The van der Waals surface area contributed by atoms with Gasteiger partial charge in [-0.05, 0) is 12.1 Å². The summed E-state index contributed by atoms with van der Waals surface area (Å²) in [5.41, 5.74) is 3.56. The van der Waals surface area contributed by atoms with Crippen LogP contribution in [0.1, 0.15) is 18.9 Å². The molecule has 0 aromatic heterocycles. The Morgan fingerprint density at radius 2 is 2.28 bits per heavy atom. The summed E-state index contributed by atoms with van der Waals surface area (Å²) in [5, 5.41) is 22.1. The second-order valence-corrected chi connectivity index (χ2v) is 3.84. The van der Waals surface area contributed by atoms with Gasteiger partial charge in [0.1, 0.15) is 5.75 Å². The van der Waals surface area contributed by atoms with Crippen molar-refractivity contribution in [1.29, 1.82) is 0 Å². The van der Waals surface area contributed by atoms with Crippen molar-refractivity contribution in [3.8, 4) is 5.75 Å². The van der Waals surface area contributed by atoms with Crippen LogP contribution in [-0.4, -0.2) is 29.5 Å². The van der Waals surface area contributed by atoms with E-state index in [1.165, 1.54) is 19.2 Å². The number of amides is 1. The Morgan fingerprint density at radius 3 is 2.78 bits per heavy atom. The van der Waals surface area contributed by atoms with Gasteiger partial charge in [-0.1, -0.05) is 19.1 Å². The van der Waals surface area contributed by atoms with Crippen LogP contribution in [0.15, 0.2) is 24.3 Å². The van der Waals surface area contributed by atoms with Gasteiger partial charge in [0.2, 0.25) is 11.6 Å². The molecule has 0 fully saturated rings. The van der Waals surface area contributed by atoms with E-state index < -0.39 is 17.9 Å². The van der Waals surface area contributed by atoms with Crippen molar-refractivity contribution in [2.24, 2.45) is 5.73 Å². The maximum absolute atomic E-state index is 11.4. The quantitative estimate of drug-likeness (QED) is 0.537. The first-order valence-electron chi connectivity index (χ1n) is 5.55. The molecule has 0 saturated carbocycles. The highest BCUT2D eigenvalue weighted by Gasteiger charge is 2.37. The number of methoxy groups -OCH3 is 1. The predicted octanol–water partition coefficient (Wildman–Crippen LogP) is -0.356. The normalized spacial score (nSPS) is 15.6. The highest BCUT2D eigenvalue weighted by molar-refractivity contribution is 5.76. The van der Waals surface area contributed by atoms with Gasteiger partial charge in [0, 0.05) is 12.0 Å². The van der Waals surface area contributed by atoms with Gasteiger partial charge in [-0.15, -0.1) is 0 Å². The highest BCUT2D eigenvalue weighted by Crippen LogP contribution is 2.24. The zero-order valence-electron chi connectivity index (χ0n) is 10.4. The summed E-state index contributed by atoms with van der Waals surface area (Å²) in [7, 11) is 1.47. The average molecular weight is 254 g/mol. The molecule has 0 aliphatic heterocycles. The van der Waals surface area contributed by atoms with Crippen LogP contribution in [-0.2, 0) is 10.5 Å². The smallest absolute Gasteiger partial charge is 0.222 e. The number of hydrogen-bond donors (Lipinski definition) is 4. The number of carbonyl (C=O) groups is 1. The third kappa shape index (κ3) is 2.98. The first kappa shape index (κ1) is 14.4. The zero-order valence-corrected chi connectivity index (χ0v) is 10.4. The van der Waals surface area contributed by atoms with Crippen molar-refractivity contribution in [3.63, 3.8) is 0 Å². The lowest BCUT2D eigenvalue weighted by Crippen LogP contribution is -2.57. The second kappa shape index (κ2) is 5.81. The number of ether oxygens (including phenoxy) is 1. The SMILES string of the molecule is CCC(=O)N[C@](O)(c1cccc(OC)c1)[C@H](N)O. The zero-order chi connectivity index (χ0) is 13.8. The fraction of sp³-hybridized carbons (Fsp3) is 0.417. The molecule has 0 unspecified atom stereocenters. The van der Waals surface area contributed by atoms with Crippen LogP contribution in [0, 0.1) is 0 Å². The number of benzene rings is 1. The van der Waals surface area contributed by atoms with Crippen molar-refractivity contribution < 1.29 is 19.7 Å². The molecule has 2 atom stereocenters. The van der Waals surface area contributed by atoms with E-state index >= 15 is 0 Å². The molecule has 18 heavy (non-hydrogen) atoms. The summed E-state index contributed by atoms with van der Waals surface area (Å²) >= 11 is 0. The van der Waals surface area contributed by atoms with Gasteiger partial charge in [0.15, 0.2) is 6.23 Å². The Balaban J connectivity index is 3.13. The van der Waals surface area contributed by atoms with Gasteiger partial charge in [-0.25, -0.2) is 0 Å². The Labute approximate surface area is 105 Å². The number of aliphatic hydroxyl groups is 2. The van der Waals surface area contributed by atoms with E-state index in [0.717, 1.165) is 0 Å². The van der Waals surface area contributed by atoms with E-state index in [9.17, 15) is 15.0 Å². The lowest BCUT2D eigenvalue weighted by atomic mass is 10.0. The minimum atomic E-state index is -2.04. The average Bonchev–Trinajstić information content (AvgIpc) is 2.38. The molecule has 0 radical (unpaired) electrons. The van der Waals surface area contributed by atoms with Crippen LogP contribution in [0.5, 0.6) is 5.75 Å². The van der Waals surface area contributed by atoms with Crippen LogP contribution in [0.25, 0.3) is 0 Å². The van der Waals surface area contributed by atoms with Crippen molar-refractivity contribution in [3.05, 3.63) is 29.8 Å². The van der Waals surface area contributed by atoms with Crippen LogP contribution >= 0.6 is 0 Å². The summed E-state index contributed by atoms with van der Waals surface area (Å²) in [4.78, 5) is 11.4. The minimum Gasteiger partial charge on any atom is -0.497 e. The monoisotopic (exact) mass is 254 g/mol. The lowest BCUT2D eigenvalue weighted by molar-refractivity contribution is -0.142. The largest absolute Gasteiger partial charge is 0.497 e. The van der Waals surface area contributed by atoms with Gasteiger partial charge in [0.25, 0.3) is 0 Å². The number of aliphatic hydroxyl groups excluding tert-OH is 1. The molecule has 6 nitrogen and oxygen atoms in total. The standard InChI is InChI=1S/C12H18N2O4/c1-3-10(15)14-12(17,11(13)16)8-5-4-6-9(7-8)18-2/h4-7,11,16-17H,3,13H2,1-2H3,(H,14,15)/t11-,12+/m1/s1. The molecular weight excluding hydrogens is 236 g/mol. The predicted molar refractivity (Wildman–Crippen MR) is 65.5 cm³/mol. The Bertz CT molecular complexity index is 422. The summed E-state index contributed by atoms with van der Waals surface area (Å²) in [6.45, 7) is 1.63. The van der Waals surface area contributed by atoms with Gasteiger partial charge >= 0.3 is 0 Å². The van der Waals surface area contributed by atoms with Gasteiger partial charge < -0.3 is 26.0 Å². The third-order valence-corrected chi connectivity index (χ3v) is 2.59. The maximum atomic E-state index is 11.4. The summed E-state index contributed by atoms with van der Waals surface area (Å²) in [5.74, 6) is 0.0575. The fourth-order valence-corrected chi connectivity index (χ4v) is 1.48. The highest BCUT2D eigenvalue weighted by atomic mass is 16.5. The number of nitrogens with two attached hydrogens (primary N) is 1. The lowest BCUT2D eigenvalue weighted by Gasteiger charge is -2.32. The molecule has 0 bridgehead atoms. The maximum Gasteiger partial charge on any atom is 0.222 e. The van der Waals surface area contributed by atoms with Crippen LogP contribution in [0.4, 0.5) is 0 Å². The minimum absolute atomic E-state index is 0.166. The number of carbonyl (C=O) groups excluding carboxylic acids is 1. The molecule has 0 spiro atoms. The molecule has 0 aliphatic carbocycles. The molecule has 1 rings (SSSR count). The van der Waals surface area contributed by atoms with Crippen molar-refractivity contribution >= 4 is 5.91 Å². The number of rotatable bonds is 5. The fourth-order valence-electron chi connectivity index (χ4n) is 1.48. The molecule has 6 heteroatoms. The molecule has 1 aromatic rings. The number of nitrogens with one attached hydrogen (secondary N) is 1. The van der Waals surface area contributed by atoms with Crippen LogP contribution < -0.4 is 15.8 Å². The Morgan fingerprint density at radius 1 is 1.61 bits per heavy atom. The number of hydrogen-bond acceptors (Lipinski definition) is 5. The van der Waals surface area contributed by atoms with Gasteiger partial charge in [-0.2, -0.15) is 0 Å². The molecule has 0 aliphatic rings.